The van der Waals surface area contributed by atoms with Gasteiger partial charge >= 0.3 is 0 Å². The molecular formula is C17H16N4O3S. The molecule has 8 heteroatoms. The molecule has 3 aromatic rings. The van der Waals surface area contributed by atoms with Crippen molar-refractivity contribution in [1.82, 2.24) is 15.3 Å². The van der Waals surface area contributed by atoms with Gasteiger partial charge in [0.05, 0.1) is 16.0 Å². The van der Waals surface area contributed by atoms with E-state index in [-0.39, 0.29) is 11.3 Å². The summed E-state index contributed by atoms with van der Waals surface area (Å²) in [6.07, 6.45) is 2.36. The highest BCUT2D eigenvalue weighted by Crippen LogP contribution is 2.24. The standard InChI is InChI=1S/C17H16N4O3S/c1-25-11-6-7-15(21(23)24)12(10-11)17(22)18-9-8-16-19-13-4-2-3-5-14(13)20-16/h2-7,10H,8-9H2,1H3,(H,18,22)(H,19,20). The maximum absolute atomic E-state index is 12.3. The lowest BCUT2D eigenvalue weighted by molar-refractivity contribution is -0.385. The average Bonchev–Trinajstić information content (AvgIpc) is 3.03. The van der Waals surface area contributed by atoms with E-state index < -0.39 is 10.8 Å². The van der Waals surface area contributed by atoms with Crippen LogP contribution in [0.3, 0.4) is 0 Å². The number of hydrogen-bond donors (Lipinski definition) is 2. The number of aromatic amines is 1. The molecule has 2 N–H and O–H groups in total. The summed E-state index contributed by atoms with van der Waals surface area (Å²) in [4.78, 5) is 31.3. The van der Waals surface area contributed by atoms with Gasteiger partial charge in [-0.1, -0.05) is 12.1 Å². The summed E-state index contributed by atoms with van der Waals surface area (Å²) in [5.74, 6) is 0.299. The summed E-state index contributed by atoms with van der Waals surface area (Å²) in [5, 5.41) is 13.8. The topological polar surface area (TPSA) is 101 Å². The third-order valence-corrected chi connectivity index (χ3v) is 4.46. The average molecular weight is 356 g/mol. The summed E-state index contributed by atoms with van der Waals surface area (Å²) in [7, 11) is 0. The number of nitro groups is 1. The van der Waals surface area contributed by atoms with Gasteiger partial charge in [0.2, 0.25) is 0 Å². The lowest BCUT2D eigenvalue weighted by Crippen LogP contribution is -2.26. The molecule has 3 rings (SSSR count). The van der Waals surface area contributed by atoms with Crippen LogP contribution in [0.5, 0.6) is 0 Å². The van der Waals surface area contributed by atoms with Crippen molar-refractivity contribution in [2.24, 2.45) is 0 Å². The number of fused-ring (bicyclic) bond motifs is 1. The van der Waals surface area contributed by atoms with Crippen molar-refractivity contribution < 1.29 is 9.72 Å². The minimum atomic E-state index is -0.543. The van der Waals surface area contributed by atoms with Crippen molar-refractivity contribution in [3.05, 3.63) is 64.0 Å². The Hall–Kier alpha value is -2.87. The van der Waals surface area contributed by atoms with E-state index in [1.54, 1.807) is 12.1 Å². The van der Waals surface area contributed by atoms with Gasteiger partial charge < -0.3 is 10.3 Å². The van der Waals surface area contributed by atoms with Gasteiger partial charge in [-0.3, -0.25) is 14.9 Å². The molecule has 0 aliphatic carbocycles. The molecule has 0 radical (unpaired) electrons. The number of benzene rings is 2. The van der Waals surface area contributed by atoms with E-state index in [0.717, 1.165) is 21.8 Å². The molecule has 0 unspecified atom stereocenters. The molecule has 0 aliphatic rings. The van der Waals surface area contributed by atoms with Crippen molar-refractivity contribution in [2.45, 2.75) is 11.3 Å². The van der Waals surface area contributed by atoms with Crippen LogP contribution in [0.15, 0.2) is 47.4 Å². The minimum absolute atomic E-state index is 0.0708. The zero-order chi connectivity index (χ0) is 17.8. The summed E-state index contributed by atoms with van der Waals surface area (Å²) in [6.45, 7) is 0.333. The van der Waals surface area contributed by atoms with Gasteiger partial charge in [0.15, 0.2) is 0 Å². The van der Waals surface area contributed by atoms with Crippen LogP contribution in [0, 0.1) is 10.1 Å². The van der Waals surface area contributed by atoms with E-state index in [0.29, 0.717) is 13.0 Å². The number of nitro benzene ring substituents is 1. The quantitative estimate of drug-likeness (QED) is 0.401. The van der Waals surface area contributed by atoms with Crippen LogP contribution in [-0.4, -0.2) is 33.6 Å². The molecule has 1 amide bonds. The van der Waals surface area contributed by atoms with Crippen LogP contribution >= 0.6 is 11.8 Å². The third-order valence-electron chi connectivity index (χ3n) is 3.73. The fraction of sp³-hybridized carbons (Fsp3) is 0.176. The van der Waals surface area contributed by atoms with Gasteiger partial charge in [0, 0.05) is 23.9 Å². The third kappa shape index (κ3) is 3.80. The SMILES string of the molecule is CSc1ccc([N+](=O)[O-])c(C(=O)NCCc2nc3ccccc3[nH]2)c1. The van der Waals surface area contributed by atoms with Gasteiger partial charge in [0.1, 0.15) is 11.4 Å². The second-order valence-corrected chi connectivity index (χ2v) is 6.23. The van der Waals surface area contributed by atoms with Crippen molar-refractivity contribution in [2.75, 3.05) is 12.8 Å². The lowest BCUT2D eigenvalue weighted by Gasteiger charge is -2.06. The molecule has 1 aromatic heterocycles. The fourth-order valence-corrected chi connectivity index (χ4v) is 2.94. The Morgan fingerprint density at radius 3 is 2.84 bits per heavy atom. The Bertz CT molecular complexity index is 906. The summed E-state index contributed by atoms with van der Waals surface area (Å²) >= 11 is 1.43. The molecule has 0 bridgehead atoms. The van der Waals surface area contributed by atoms with E-state index in [2.05, 4.69) is 15.3 Å². The number of nitrogens with zero attached hydrogens (tertiary/aromatic N) is 2. The van der Waals surface area contributed by atoms with Crippen molar-refractivity contribution in [1.29, 1.82) is 0 Å². The summed E-state index contributed by atoms with van der Waals surface area (Å²) < 4.78 is 0. The van der Waals surface area contributed by atoms with E-state index >= 15 is 0 Å². The van der Waals surface area contributed by atoms with Gasteiger partial charge in [0.25, 0.3) is 11.6 Å². The lowest BCUT2D eigenvalue weighted by atomic mass is 10.1. The molecule has 0 aliphatic heterocycles. The summed E-state index contributed by atoms with van der Waals surface area (Å²) in [6, 6.07) is 12.2. The highest BCUT2D eigenvalue weighted by molar-refractivity contribution is 7.98. The number of rotatable bonds is 6. The van der Waals surface area contributed by atoms with Crippen LogP contribution in [0.1, 0.15) is 16.2 Å². The van der Waals surface area contributed by atoms with Gasteiger partial charge in [-0.2, -0.15) is 0 Å². The monoisotopic (exact) mass is 356 g/mol. The second kappa shape index (κ2) is 7.35. The molecule has 25 heavy (non-hydrogen) atoms. The van der Waals surface area contributed by atoms with Gasteiger partial charge in [-0.05, 0) is 30.5 Å². The number of amides is 1. The Labute approximate surface area is 148 Å². The maximum atomic E-state index is 12.3. The first-order valence-electron chi connectivity index (χ1n) is 7.62. The Balaban J connectivity index is 1.69. The number of hydrogen-bond acceptors (Lipinski definition) is 5. The molecule has 0 saturated carbocycles. The predicted molar refractivity (Wildman–Crippen MR) is 97.0 cm³/mol. The van der Waals surface area contributed by atoms with Crippen LogP contribution in [0.2, 0.25) is 0 Å². The van der Waals surface area contributed by atoms with E-state index in [1.165, 1.54) is 17.8 Å². The molecule has 0 fully saturated rings. The Morgan fingerprint density at radius 2 is 2.12 bits per heavy atom. The molecule has 7 nitrogen and oxygen atoms in total. The predicted octanol–water partition coefficient (Wildman–Crippen LogP) is 3.17. The second-order valence-electron chi connectivity index (χ2n) is 5.35. The van der Waals surface area contributed by atoms with E-state index in [4.69, 9.17) is 0 Å². The number of thioether (sulfide) groups is 1. The molecule has 0 spiro atoms. The molecule has 0 atom stereocenters. The first-order valence-corrected chi connectivity index (χ1v) is 8.85. The number of nitrogens with one attached hydrogen (secondary N) is 2. The highest BCUT2D eigenvalue weighted by atomic mass is 32.2. The van der Waals surface area contributed by atoms with Gasteiger partial charge in [-0.15, -0.1) is 11.8 Å². The van der Waals surface area contributed by atoms with Crippen molar-refractivity contribution in [3.8, 4) is 0 Å². The van der Waals surface area contributed by atoms with Crippen LogP contribution < -0.4 is 5.32 Å². The molecular weight excluding hydrogens is 340 g/mol. The van der Waals surface area contributed by atoms with Crippen molar-refractivity contribution in [3.63, 3.8) is 0 Å². The summed E-state index contributed by atoms with van der Waals surface area (Å²) in [5.41, 5.74) is 1.68. The van der Waals surface area contributed by atoms with Crippen LogP contribution in [-0.2, 0) is 6.42 Å². The molecule has 0 saturated heterocycles. The Morgan fingerprint density at radius 1 is 1.32 bits per heavy atom. The smallest absolute Gasteiger partial charge is 0.282 e. The van der Waals surface area contributed by atoms with Gasteiger partial charge in [-0.25, -0.2) is 4.98 Å². The van der Waals surface area contributed by atoms with E-state index in [9.17, 15) is 14.9 Å². The number of para-hydroxylation sites is 2. The number of carbonyl (C=O) groups is 1. The first-order chi connectivity index (χ1) is 12.1. The first kappa shape index (κ1) is 17.0. The molecule has 1 heterocycles. The van der Waals surface area contributed by atoms with Crippen molar-refractivity contribution >= 4 is 34.4 Å². The number of H-pyrrole nitrogens is 1. The normalized spacial score (nSPS) is 10.8. The molecule has 128 valence electrons. The van der Waals surface area contributed by atoms with Crippen LogP contribution in [0.25, 0.3) is 11.0 Å². The zero-order valence-corrected chi connectivity index (χ0v) is 14.3. The molecule has 2 aromatic carbocycles. The minimum Gasteiger partial charge on any atom is -0.351 e. The number of imidazole rings is 1. The number of aromatic nitrogens is 2. The highest BCUT2D eigenvalue weighted by Gasteiger charge is 2.20. The number of carbonyl (C=O) groups excluding carboxylic acids is 1. The zero-order valence-electron chi connectivity index (χ0n) is 13.5. The largest absolute Gasteiger partial charge is 0.351 e. The van der Waals surface area contributed by atoms with E-state index in [1.807, 2.05) is 30.5 Å². The fourth-order valence-electron chi connectivity index (χ4n) is 2.50. The Kier molecular flexibility index (Phi) is 4.99. The maximum Gasteiger partial charge on any atom is 0.282 e. The van der Waals surface area contributed by atoms with Crippen LogP contribution in [0.4, 0.5) is 5.69 Å².